The largest absolute Gasteiger partial charge is 0.872 e. The number of Topliss-reactive ketones (excluding diaryl/α,β-unsaturated/α-hetero) is 1. The van der Waals surface area contributed by atoms with Crippen LogP contribution in [0.15, 0.2) is 42.2 Å². The van der Waals surface area contributed by atoms with E-state index in [2.05, 4.69) is 0 Å². The predicted octanol–water partition coefficient (Wildman–Crippen LogP) is 0.841. The standard InChI is InChI=1S/C24H27NO7/c1-29-12-10-25(11-13-30-2)15-19-20(26)9-8-18-22(27)21(32-23(18)19)14-16-4-6-17(7-5-16)24(28)31-3/h4-9,14,26H,10-13,15H2,1-3H3. The van der Waals surface area contributed by atoms with Crippen LogP contribution in [0.3, 0.4) is 0 Å². The number of benzene rings is 2. The number of esters is 1. The topological polar surface area (TPSA) is 98.6 Å². The second-order valence-corrected chi connectivity index (χ2v) is 7.38. The Morgan fingerprint density at radius 1 is 1.03 bits per heavy atom. The zero-order valence-corrected chi connectivity index (χ0v) is 18.4. The van der Waals surface area contributed by atoms with Crippen molar-refractivity contribution in [3.05, 3.63) is 64.4 Å². The Morgan fingerprint density at radius 3 is 2.28 bits per heavy atom. The van der Waals surface area contributed by atoms with Crippen molar-refractivity contribution in [2.75, 3.05) is 47.6 Å². The molecule has 0 fully saturated rings. The number of nitrogens with one attached hydrogen (secondary N) is 1. The molecule has 1 heterocycles. The van der Waals surface area contributed by atoms with E-state index in [0.29, 0.717) is 60.9 Å². The van der Waals surface area contributed by atoms with Crippen LogP contribution >= 0.6 is 0 Å². The molecule has 2 aromatic carbocycles. The summed E-state index contributed by atoms with van der Waals surface area (Å²) < 4.78 is 20.9. The molecule has 0 spiro atoms. The quantitative estimate of drug-likeness (QED) is 0.431. The summed E-state index contributed by atoms with van der Waals surface area (Å²) in [6.45, 7) is 2.84. The van der Waals surface area contributed by atoms with Gasteiger partial charge < -0.3 is 29.0 Å². The fourth-order valence-corrected chi connectivity index (χ4v) is 3.49. The summed E-state index contributed by atoms with van der Waals surface area (Å²) in [6.07, 6.45) is 1.60. The van der Waals surface area contributed by atoms with E-state index in [-0.39, 0.29) is 17.3 Å². The molecule has 0 saturated carbocycles. The second-order valence-electron chi connectivity index (χ2n) is 7.38. The lowest BCUT2D eigenvalue weighted by Gasteiger charge is -2.23. The Bertz CT molecular complexity index is 990. The molecule has 0 saturated heterocycles. The first kappa shape index (κ1) is 23.5. The van der Waals surface area contributed by atoms with Gasteiger partial charge in [-0.05, 0) is 29.8 Å². The fraction of sp³-hybridized carbons (Fsp3) is 0.333. The lowest BCUT2D eigenvalue weighted by molar-refractivity contribution is -0.914. The average molecular weight is 441 g/mol. The van der Waals surface area contributed by atoms with Crippen molar-refractivity contribution in [1.29, 1.82) is 0 Å². The summed E-state index contributed by atoms with van der Waals surface area (Å²) in [5.41, 5.74) is 1.92. The number of hydrogen-bond acceptors (Lipinski definition) is 7. The summed E-state index contributed by atoms with van der Waals surface area (Å²) in [4.78, 5) is 25.6. The van der Waals surface area contributed by atoms with Gasteiger partial charge in [0.15, 0.2) is 5.76 Å². The number of allylic oxidation sites excluding steroid dienone is 1. The molecule has 1 aliphatic rings. The first-order valence-electron chi connectivity index (χ1n) is 10.3. The summed E-state index contributed by atoms with van der Waals surface area (Å²) in [5, 5.41) is 12.6. The van der Waals surface area contributed by atoms with Gasteiger partial charge in [0.25, 0.3) is 0 Å². The zero-order valence-electron chi connectivity index (χ0n) is 18.4. The molecule has 3 rings (SSSR count). The van der Waals surface area contributed by atoms with Crippen molar-refractivity contribution in [3.63, 3.8) is 0 Å². The summed E-state index contributed by atoms with van der Waals surface area (Å²) in [6, 6.07) is 9.53. The van der Waals surface area contributed by atoms with Gasteiger partial charge in [-0.15, -0.1) is 0 Å². The number of carbonyl (C=O) groups excluding carboxylic acids is 2. The molecule has 0 unspecified atom stereocenters. The maximum Gasteiger partial charge on any atom is 0.337 e. The molecular formula is C24H27NO7. The van der Waals surface area contributed by atoms with Gasteiger partial charge in [-0.3, -0.25) is 4.79 Å². The van der Waals surface area contributed by atoms with E-state index in [4.69, 9.17) is 18.9 Å². The van der Waals surface area contributed by atoms with Crippen LogP contribution in [-0.4, -0.2) is 59.4 Å². The van der Waals surface area contributed by atoms with Crippen molar-refractivity contribution in [3.8, 4) is 11.5 Å². The molecule has 0 aliphatic carbocycles. The molecule has 0 radical (unpaired) electrons. The number of fused-ring (bicyclic) bond motifs is 1. The van der Waals surface area contributed by atoms with E-state index >= 15 is 0 Å². The van der Waals surface area contributed by atoms with Crippen LogP contribution in [0.25, 0.3) is 6.08 Å². The lowest BCUT2D eigenvalue weighted by atomic mass is 10.0. The number of methoxy groups -OCH3 is 3. The number of hydrogen-bond donors (Lipinski definition) is 1. The smallest absolute Gasteiger partial charge is 0.337 e. The van der Waals surface area contributed by atoms with Crippen LogP contribution in [0.2, 0.25) is 0 Å². The van der Waals surface area contributed by atoms with Crippen molar-refractivity contribution >= 4 is 17.8 Å². The highest BCUT2D eigenvalue weighted by Crippen LogP contribution is 2.38. The summed E-state index contributed by atoms with van der Waals surface area (Å²) in [5.74, 6) is -0.451. The van der Waals surface area contributed by atoms with Crippen LogP contribution in [0.5, 0.6) is 11.5 Å². The molecule has 0 aromatic heterocycles. The maximum atomic E-state index is 12.9. The van der Waals surface area contributed by atoms with Gasteiger partial charge in [0.05, 0.1) is 31.5 Å². The van der Waals surface area contributed by atoms with E-state index < -0.39 is 5.97 Å². The fourth-order valence-electron chi connectivity index (χ4n) is 3.49. The molecule has 2 aromatic rings. The SMILES string of the molecule is COCC[NH+](CCOC)Cc1c([O-])ccc2c1OC(=Cc1ccc(C(=O)OC)cc1)C2=O. The summed E-state index contributed by atoms with van der Waals surface area (Å²) in [7, 11) is 4.57. The van der Waals surface area contributed by atoms with Gasteiger partial charge in [-0.2, -0.15) is 0 Å². The number of carbonyl (C=O) groups is 2. The molecule has 8 nitrogen and oxygen atoms in total. The van der Waals surface area contributed by atoms with Gasteiger partial charge in [0.2, 0.25) is 5.78 Å². The molecule has 8 heteroatoms. The number of ketones is 1. The lowest BCUT2D eigenvalue weighted by Crippen LogP contribution is -3.11. The van der Waals surface area contributed by atoms with E-state index in [1.807, 2.05) is 0 Å². The van der Waals surface area contributed by atoms with Crippen LogP contribution in [-0.2, 0) is 20.8 Å². The molecule has 0 amide bonds. The number of quaternary nitrogens is 1. The Kier molecular flexibility index (Phi) is 7.99. The zero-order chi connectivity index (χ0) is 23.1. The molecule has 0 bridgehead atoms. The van der Waals surface area contributed by atoms with Crippen molar-refractivity contribution in [1.82, 2.24) is 0 Å². The minimum Gasteiger partial charge on any atom is -0.872 e. The highest BCUT2D eigenvalue weighted by atomic mass is 16.5. The highest BCUT2D eigenvalue weighted by molar-refractivity contribution is 6.15. The van der Waals surface area contributed by atoms with Gasteiger partial charge >= 0.3 is 5.97 Å². The minimum absolute atomic E-state index is 0.132. The third-order valence-electron chi connectivity index (χ3n) is 5.27. The Morgan fingerprint density at radius 2 is 1.69 bits per heavy atom. The summed E-state index contributed by atoms with van der Waals surface area (Å²) >= 11 is 0. The predicted molar refractivity (Wildman–Crippen MR) is 115 cm³/mol. The van der Waals surface area contributed by atoms with E-state index in [0.717, 1.165) is 4.90 Å². The van der Waals surface area contributed by atoms with E-state index in [1.54, 1.807) is 44.6 Å². The Hall–Kier alpha value is -3.20. The van der Waals surface area contributed by atoms with Gasteiger partial charge in [0.1, 0.15) is 25.4 Å². The van der Waals surface area contributed by atoms with Crippen LogP contribution < -0.4 is 14.7 Å². The van der Waals surface area contributed by atoms with Crippen LogP contribution in [0.4, 0.5) is 0 Å². The van der Waals surface area contributed by atoms with Gasteiger partial charge in [-0.25, -0.2) is 4.79 Å². The monoisotopic (exact) mass is 441 g/mol. The average Bonchev–Trinajstić information content (AvgIpc) is 3.12. The van der Waals surface area contributed by atoms with Gasteiger partial charge in [-0.1, -0.05) is 23.9 Å². The minimum atomic E-state index is -0.439. The normalized spacial score (nSPS) is 14.0. The maximum absolute atomic E-state index is 12.9. The van der Waals surface area contributed by atoms with E-state index in [9.17, 15) is 14.7 Å². The number of ether oxygens (including phenoxy) is 4. The molecule has 170 valence electrons. The Balaban J connectivity index is 1.85. The molecule has 1 aliphatic heterocycles. The van der Waals surface area contributed by atoms with Crippen LogP contribution in [0.1, 0.15) is 31.8 Å². The number of rotatable bonds is 10. The first-order valence-corrected chi connectivity index (χ1v) is 10.3. The molecular weight excluding hydrogens is 414 g/mol. The van der Waals surface area contributed by atoms with Crippen molar-refractivity contribution in [2.45, 2.75) is 6.54 Å². The van der Waals surface area contributed by atoms with E-state index in [1.165, 1.54) is 19.2 Å². The first-order chi connectivity index (χ1) is 15.5. The second kappa shape index (κ2) is 10.9. The van der Waals surface area contributed by atoms with Crippen molar-refractivity contribution in [2.24, 2.45) is 0 Å². The Labute approximate surface area is 187 Å². The highest BCUT2D eigenvalue weighted by Gasteiger charge is 2.31. The van der Waals surface area contributed by atoms with Crippen molar-refractivity contribution < 1.29 is 38.5 Å². The molecule has 32 heavy (non-hydrogen) atoms. The van der Waals surface area contributed by atoms with Gasteiger partial charge in [0, 0.05) is 19.8 Å². The molecule has 1 N–H and O–H groups in total. The van der Waals surface area contributed by atoms with Crippen LogP contribution in [0, 0.1) is 0 Å². The molecule has 0 atom stereocenters. The third kappa shape index (κ3) is 5.34. The third-order valence-corrected chi connectivity index (χ3v) is 5.27.